The van der Waals surface area contributed by atoms with E-state index in [0.29, 0.717) is 0 Å². The molecule has 1 aromatic heterocycles. The van der Waals surface area contributed by atoms with Crippen molar-refractivity contribution >= 4 is 71.6 Å². The summed E-state index contributed by atoms with van der Waals surface area (Å²) >= 11 is 0. The Labute approximate surface area is 300 Å². The third-order valence-corrected chi connectivity index (χ3v) is 10.3. The maximum absolute atomic E-state index is 14.3. The Morgan fingerprint density at radius 3 is 2.13 bits per heavy atom. The van der Waals surface area contributed by atoms with E-state index in [2.05, 4.69) is 16.0 Å². The molecule has 6 N–H and O–H groups in total. The molecule has 0 saturated heterocycles. The highest BCUT2D eigenvalue weighted by atomic mass is 32.2. The number of benzene rings is 4. The fourth-order valence-electron chi connectivity index (χ4n) is 6.18. The molecule has 1 heterocycles. The Morgan fingerprint density at radius 2 is 1.47 bits per heavy atom. The van der Waals surface area contributed by atoms with E-state index in [0.717, 1.165) is 22.8 Å². The summed E-state index contributed by atoms with van der Waals surface area (Å²) in [4.78, 5) is 64.7. The van der Waals surface area contributed by atoms with Crippen molar-refractivity contribution in [2.75, 3.05) is 23.7 Å². The number of ketones is 2. The van der Waals surface area contributed by atoms with E-state index >= 15 is 0 Å². The van der Waals surface area contributed by atoms with Crippen LogP contribution in [0.3, 0.4) is 0 Å². The van der Waals surface area contributed by atoms with Crippen molar-refractivity contribution in [3.05, 3.63) is 111 Å². The standard InChI is InChI=1S/C35H28N4O12S2/c1-17-12-26(53(49,50)51)24(14-23(17)38-27(40)15-36-16-28(41)42)37-22-10-11-25-31-29(20-8-3-4-9-21(20)34(44)30(22)31)32(35(45)39(25)2)33(43)18-6-5-7-19(13-18)52(46,47)48/h3-14,36-37H,15-16H2,1-2H3,(H,38,40)(H,41,42)(H,46,47,48)(H,49,50,51). The lowest BCUT2D eigenvalue weighted by atomic mass is 9.80. The lowest BCUT2D eigenvalue weighted by Crippen LogP contribution is -2.32. The van der Waals surface area contributed by atoms with Crippen LogP contribution in [0.5, 0.6) is 0 Å². The highest BCUT2D eigenvalue weighted by molar-refractivity contribution is 7.86. The molecule has 0 spiro atoms. The molecule has 0 atom stereocenters. The van der Waals surface area contributed by atoms with Crippen LogP contribution < -0.4 is 21.5 Å². The summed E-state index contributed by atoms with van der Waals surface area (Å²) < 4.78 is 69.9. The van der Waals surface area contributed by atoms with Gasteiger partial charge in [-0.2, -0.15) is 16.8 Å². The van der Waals surface area contributed by atoms with Crippen molar-refractivity contribution in [2.24, 2.45) is 7.05 Å². The number of hydrogen-bond acceptors (Lipinski definition) is 11. The quantitative estimate of drug-likeness (QED) is 0.0820. The predicted octanol–water partition coefficient (Wildman–Crippen LogP) is 3.14. The number of aromatic nitrogens is 1. The van der Waals surface area contributed by atoms with Gasteiger partial charge in [-0.3, -0.25) is 38.4 Å². The molecule has 0 aliphatic heterocycles. The molecule has 6 rings (SSSR count). The zero-order chi connectivity index (χ0) is 38.6. The van der Waals surface area contributed by atoms with Crippen LogP contribution in [0.1, 0.15) is 37.4 Å². The van der Waals surface area contributed by atoms with Crippen LogP contribution in [0.25, 0.3) is 22.0 Å². The first-order chi connectivity index (χ1) is 24.9. The van der Waals surface area contributed by atoms with Crippen LogP contribution in [0.15, 0.2) is 87.4 Å². The molecule has 4 aromatic carbocycles. The highest BCUT2D eigenvalue weighted by Crippen LogP contribution is 2.44. The molecule has 1 aliphatic carbocycles. The molecule has 5 aromatic rings. The highest BCUT2D eigenvalue weighted by Gasteiger charge is 2.34. The van der Waals surface area contributed by atoms with Crippen molar-refractivity contribution in [3.63, 3.8) is 0 Å². The van der Waals surface area contributed by atoms with Gasteiger partial charge < -0.3 is 20.3 Å². The summed E-state index contributed by atoms with van der Waals surface area (Å²) in [6.45, 7) is 0.552. The van der Waals surface area contributed by atoms with Gasteiger partial charge in [-0.15, -0.1) is 0 Å². The van der Waals surface area contributed by atoms with E-state index in [1.165, 1.54) is 56.4 Å². The molecule has 18 heteroatoms. The van der Waals surface area contributed by atoms with Crippen molar-refractivity contribution in [1.82, 2.24) is 9.88 Å². The van der Waals surface area contributed by atoms with Gasteiger partial charge in [-0.05, 0) is 54.4 Å². The number of carbonyl (C=O) groups excluding carboxylic acids is 3. The number of amides is 1. The second kappa shape index (κ2) is 13.5. The average molecular weight is 761 g/mol. The second-order valence-corrected chi connectivity index (χ2v) is 14.8. The number of hydrogen-bond donors (Lipinski definition) is 6. The van der Waals surface area contributed by atoms with Crippen LogP contribution in [0.2, 0.25) is 0 Å². The number of carbonyl (C=O) groups is 4. The summed E-state index contributed by atoms with van der Waals surface area (Å²) in [6, 6.07) is 15.7. The third-order valence-electron chi connectivity index (χ3n) is 8.56. The Bertz CT molecular complexity index is 2740. The van der Waals surface area contributed by atoms with E-state index in [9.17, 15) is 49.9 Å². The van der Waals surface area contributed by atoms with Crippen molar-refractivity contribution in [3.8, 4) is 11.1 Å². The van der Waals surface area contributed by atoms with Gasteiger partial charge in [0.1, 0.15) is 4.90 Å². The van der Waals surface area contributed by atoms with E-state index in [-0.39, 0.29) is 61.3 Å². The monoisotopic (exact) mass is 760 g/mol. The Kier molecular flexibility index (Phi) is 9.35. The normalized spacial score (nSPS) is 12.3. The fraction of sp³-hybridized carbons (Fsp3) is 0.114. The molecule has 1 amide bonds. The molecule has 1 aliphatic rings. The number of carboxylic acids is 1. The molecule has 0 radical (unpaired) electrons. The molecule has 53 heavy (non-hydrogen) atoms. The number of anilines is 3. The van der Waals surface area contributed by atoms with Crippen molar-refractivity contribution in [2.45, 2.75) is 16.7 Å². The van der Waals surface area contributed by atoms with Gasteiger partial charge in [0, 0.05) is 34.8 Å². The van der Waals surface area contributed by atoms with Crippen LogP contribution in [0, 0.1) is 6.92 Å². The molecular weight excluding hydrogens is 733 g/mol. The van der Waals surface area contributed by atoms with Gasteiger partial charge in [0.2, 0.25) is 5.91 Å². The van der Waals surface area contributed by atoms with Crippen molar-refractivity contribution in [1.29, 1.82) is 0 Å². The number of aryl methyl sites for hydroxylation is 2. The summed E-state index contributed by atoms with van der Waals surface area (Å²) in [5, 5.41) is 16.8. The summed E-state index contributed by atoms with van der Waals surface area (Å²) in [7, 11) is -8.29. The van der Waals surface area contributed by atoms with Gasteiger partial charge in [0.15, 0.2) is 11.6 Å². The number of pyridine rings is 1. The first-order valence-electron chi connectivity index (χ1n) is 15.5. The number of rotatable bonds is 11. The molecule has 0 fully saturated rings. The van der Waals surface area contributed by atoms with Gasteiger partial charge in [-0.25, -0.2) is 0 Å². The van der Waals surface area contributed by atoms with Gasteiger partial charge >= 0.3 is 5.97 Å². The van der Waals surface area contributed by atoms with Crippen LogP contribution >= 0.6 is 0 Å². The number of nitrogens with zero attached hydrogens (tertiary/aromatic N) is 1. The Morgan fingerprint density at radius 1 is 0.774 bits per heavy atom. The average Bonchev–Trinajstić information content (AvgIpc) is 3.09. The number of fused-ring (bicyclic) bond motifs is 2. The fourth-order valence-corrected chi connectivity index (χ4v) is 7.42. The van der Waals surface area contributed by atoms with Crippen LogP contribution in [-0.2, 0) is 36.9 Å². The first kappa shape index (κ1) is 36.7. The molecular formula is C35H28N4O12S2. The molecule has 272 valence electrons. The van der Waals surface area contributed by atoms with Gasteiger partial charge in [0.05, 0.1) is 46.0 Å². The molecule has 0 saturated carbocycles. The smallest absolute Gasteiger partial charge is 0.317 e. The molecule has 0 bridgehead atoms. The summed E-state index contributed by atoms with van der Waals surface area (Å²) in [6.07, 6.45) is 0. The number of aliphatic carboxylic acids is 1. The predicted molar refractivity (Wildman–Crippen MR) is 191 cm³/mol. The lowest BCUT2D eigenvalue weighted by molar-refractivity contribution is -0.135. The first-order valence-corrected chi connectivity index (χ1v) is 18.3. The molecule has 0 unspecified atom stereocenters. The minimum absolute atomic E-state index is 0.0159. The van der Waals surface area contributed by atoms with E-state index in [1.807, 2.05) is 0 Å². The largest absolute Gasteiger partial charge is 0.480 e. The zero-order valence-electron chi connectivity index (χ0n) is 27.6. The molecule has 16 nitrogen and oxygen atoms in total. The maximum atomic E-state index is 14.3. The number of nitrogens with one attached hydrogen (secondary N) is 3. The SMILES string of the molecule is Cc1cc(S(=O)(=O)O)c(Nc2ccc3c4c2C(=O)c2ccccc2-c4c(C(=O)c2cccc(S(=O)(=O)O)c2)c(=O)n3C)cc1NC(=O)CNCC(=O)O. The van der Waals surface area contributed by atoms with Gasteiger partial charge in [-0.1, -0.05) is 36.4 Å². The van der Waals surface area contributed by atoms with E-state index in [4.69, 9.17) is 5.11 Å². The lowest BCUT2D eigenvalue weighted by Gasteiger charge is -2.26. The van der Waals surface area contributed by atoms with Gasteiger partial charge in [0.25, 0.3) is 25.8 Å². The van der Waals surface area contributed by atoms with Crippen LogP contribution in [-0.4, -0.2) is 72.1 Å². The minimum atomic E-state index is -4.93. The topological polar surface area (TPSA) is 255 Å². The third kappa shape index (κ3) is 6.84. The van der Waals surface area contributed by atoms with E-state index in [1.54, 1.807) is 12.1 Å². The second-order valence-electron chi connectivity index (χ2n) is 12.0. The number of carboxylic acid groups (broad SMARTS) is 1. The van der Waals surface area contributed by atoms with Crippen LogP contribution in [0.4, 0.5) is 17.1 Å². The Hall–Kier alpha value is -6.05. The van der Waals surface area contributed by atoms with Crippen molar-refractivity contribution < 1.29 is 50.2 Å². The Balaban J connectivity index is 1.58. The summed E-state index contributed by atoms with van der Waals surface area (Å²) in [5.74, 6) is -3.35. The summed E-state index contributed by atoms with van der Waals surface area (Å²) in [5.41, 5.74) is -0.999. The maximum Gasteiger partial charge on any atom is 0.317 e. The minimum Gasteiger partial charge on any atom is -0.480 e. The zero-order valence-corrected chi connectivity index (χ0v) is 29.3. The van der Waals surface area contributed by atoms with E-state index < -0.39 is 77.7 Å².